The summed E-state index contributed by atoms with van der Waals surface area (Å²) in [6.07, 6.45) is 0. The van der Waals surface area contributed by atoms with Crippen molar-refractivity contribution in [3.05, 3.63) is 28.8 Å². The van der Waals surface area contributed by atoms with Crippen molar-refractivity contribution in [1.29, 1.82) is 0 Å². The maximum Gasteiger partial charge on any atom is 0.125 e. The normalized spacial score (nSPS) is 14.3. The number of hydrogen-bond donors (Lipinski definition) is 5. The number of benzene rings is 1. The topological polar surface area (TPSA) is 110 Å². The Labute approximate surface area is 127 Å². The fourth-order valence-corrected chi connectivity index (χ4v) is 2.13. The third-order valence-electron chi connectivity index (χ3n) is 3.41. The van der Waals surface area contributed by atoms with E-state index in [4.69, 9.17) is 17.2 Å². The van der Waals surface area contributed by atoms with Crippen LogP contribution in [0.2, 0.25) is 0 Å². The maximum absolute atomic E-state index is 10.5. The largest absolute Gasteiger partial charge is 0.507 e. The first kappa shape index (κ1) is 17.9. The molecule has 0 aliphatic heterocycles. The lowest BCUT2D eigenvalue weighted by Crippen LogP contribution is -2.34. The van der Waals surface area contributed by atoms with E-state index in [1.54, 1.807) is 0 Å². The van der Waals surface area contributed by atoms with Gasteiger partial charge in [0.05, 0.1) is 0 Å². The zero-order valence-electron chi connectivity index (χ0n) is 13.8. The molecule has 0 aromatic heterocycles. The lowest BCUT2D eigenvalue weighted by Gasteiger charge is -2.27. The summed E-state index contributed by atoms with van der Waals surface area (Å²) in [5.41, 5.74) is 19.4. The van der Waals surface area contributed by atoms with E-state index >= 15 is 0 Å². The Hall–Kier alpha value is -1.14. The molecule has 1 unspecified atom stereocenters. The number of phenols is 1. The number of phenolic OH excluding ortho intramolecular Hbond substituents is 1. The van der Waals surface area contributed by atoms with E-state index in [0.29, 0.717) is 18.7 Å². The van der Waals surface area contributed by atoms with Crippen LogP contribution in [0.1, 0.15) is 51.3 Å². The lowest BCUT2D eigenvalue weighted by atomic mass is 9.85. The summed E-state index contributed by atoms with van der Waals surface area (Å²) < 4.78 is 0. The Bertz CT molecular complexity index is 484. The van der Waals surface area contributed by atoms with Crippen LogP contribution in [-0.4, -0.2) is 17.7 Å². The Morgan fingerprint density at radius 2 is 1.71 bits per heavy atom. The van der Waals surface area contributed by atoms with E-state index in [1.807, 2.05) is 46.8 Å². The molecule has 0 aliphatic rings. The molecular weight excluding hydrogens is 264 g/mol. The van der Waals surface area contributed by atoms with Crippen molar-refractivity contribution >= 4 is 0 Å². The van der Waals surface area contributed by atoms with Gasteiger partial charge in [0.15, 0.2) is 0 Å². The number of nitrogens with one attached hydrogen (secondary N) is 1. The number of nitrogens with two attached hydrogens (primary N) is 3. The molecule has 0 bridgehead atoms. The predicted molar refractivity (Wildman–Crippen MR) is 87.9 cm³/mol. The van der Waals surface area contributed by atoms with Crippen LogP contribution in [0, 0.1) is 0 Å². The molecule has 1 atom stereocenters. The highest BCUT2D eigenvalue weighted by atomic mass is 16.3. The van der Waals surface area contributed by atoms with Crippen LogP contribution in [0.4, 0.5) is 0 Å². The fourth-order valence-electron chi connectivity index (χ4n) is 2.13. The van der Waals surface area contributed by atoms with E-state index in [1.165, 1.54) is 0 Å². The molecule has 0 amide bonds. The quantitative estimate of drug-likeness (QED) is 0.542. The summed E-state index contributed by atoms with van der Waals surface area (Å²) in [7, 11) is 0. The minimum absolute atomic E-state index is 0.0618. The Balaban J connectivity index is 3.22. The monoisotopic (exact) mass is 294 g/mol. The van der Waals surface area contributed by atoms with Crippen LogP contribution >= 0.6 is 0 Å². The standard InChI is InChI=1S/C16H30N4O/c1-10(17)8-20-9-11-6-12(15(2,3)18)7-13(14(11)21)16(4,5)19/h6-7,10,20-21H,8-9,17-19H2,1-5H3. The van der Waals surface area contributed by atoms with Crippen LogP contribution in [-0.2, 0) is 17.6 Å². The van der Waals surface area contributed by atoms with Crippen molar-refractivity contribution < 1.29 is 5.11 Å². The second-order valence-corrected chi connectivity index (χ2v) is 7.08. The second kappa shape index (κ2) is 6.32. The molecule has 1 aromatic carbocycles. The zero-order valence-corrected chi connectivity index (χ0v) is 13.8. The van der Waals surface area contributed by atoms with Crippen LogP contribution < -0.4 is 22.5 Å². The Morgan fingerprint density at radius 3 is 2.14 bits per heavy atom. The second-order valence-electron chi connectivity index (χ2n) is 7.08. The van der Waals surface area contributed by atoms with Crippen molar-refractivity contribution in [1.82, 2.24) is 5.32 Å². The van der Waals surface area contributed by atoms with Gasteiger partial charge < -0.3 is 27.6 Å². The maximum atomic E-state index is 10.5. The Morgan fingerprint density at radius 1 is 1.14 bits per heavy atom. The van der Waals surface area contributed by atoms with Crippen molar-refractivity contribution in [2.45, 2.75) is 58.3 Å². The average molecular weight is 294 g/mol. The summed E-state index contributed by atoms with van der Waals surface area (Å²) in [5, 5.41) is 13.7. The summed E-state index contributed by atoms with van der Waals surface area (Å²) >= 11 is 0. The molecule has 5 heteroatoms. The summed E-state index contributed by atoms with van der Waals surface area (Å²) in [6, 6.07) is 3.88. The van der Waals surface area contributed by atoms with E-state index in [2.05, 4.69) is 5.32 Å². The smallest absolute Gasteiger partial charge is 0.125 e. The van der Waals surface area contributed by atoms with Crippen molar-refractivity contribution in [3.63, 3.8) is 0 Å². The van der Waals surface area contributed by atoms with E-state index in [-0.39, 0.29) is 11.8 Å². The molecule has 0 radical (unpaired) electrons. The van der Waals surface area contributed by atoms with Gasteiger partial charge in [-0.1, -0.05) is 0 Å². The van der Waals surface area contributed by atoms with Crippen LogP contribution in [0.5, 0.6) is 5.75 Å². The minimum Gasteiger partial charge on any atom is -0.507 e. The van der Waals surface area contributed by atoms with Gasteiger partial charge in [-0.25, -0.2) is 0 Å². The van der Waals surface area contributed by atoms with Crippen molar-refractivity contribution in [3.8, 4) is 5.75 Å². The SMILES string of the molecule is CC(N)CNCc1cc(C(C)(C)N)cc(C(C)(C)N)c1O. The fraction of sp³-hybridized carbons (Fsp3) is 0.625. The molecular formula is C16H30N4O. The predicted octanol–water partition coefficient (Wildman–Crippen LogP) is 1.22. The molecule has 1 rings (SSSR count). The number of hydrogen-bond acceptors (Lipinski definition) is 5. The van der Waals surface area contributed by atoms with Gasteiger partial charge in [0.2, 0.25) is 0 Å². The first-order valence-electron chi connectivity index (χ1n) is 7.34. The molecule has 0 saturated heterocycles. The summed E-state index contributed by atoms with van der Waals surface area (Å²) in [6.45, 7) is 10.7. The van der Waals surface area contributed by atoms with Gasteiger partial charge >= 0.3 is 0 Å². The molecule has 0 heterocycles. The van der Waals surface area contributed by atoms with Gasteiger partial charge in [-0.3, -0.25) is 0 Å². The third-order valence-corrected chi connectivity index (χ3v) is 3.41. The van der Waals surface area contributed by atoms with Gasteiger partial charge in [0, 0.05) is 41.3 Å². The molecule has 0 spiro atoms. The summed E-state index contributed by atoms with van der Waals surface area (Å²) in [5.74, 6) is 0.229. The molecule has 0 saturated carbocycles. The molecule has 5 nitrogen and oxygen atoms in total. The van der Waals surface area contributed by atoms with E-state index in [9.17, 15) is 5.11 Å². The Kier molecular flexibility index (Phi) is 5.39. The lowest BCUT2D eigenvalue weighted by molar-refractivity contribution is 0.428. The van der Waals surface area contributed by atoms with E-state index in [0.717, 1.165) is 11.1 Å². The molecule has 0 aliphatic carbocycles. The zero-order chi connectivity index (χ0) is 16.4. The van der Waals surface area contributed by atoms with Gasteiger partial charge in [0.25, 0.3) is 0 Å². The highest BCUT2D eigenvalue weighted by molar-refractivity contribution is 5.48. The van der Waals surface area contributed by atoms with Gasteiger partial charge in [-0.15, -0.1) is 0 Å². The summed E-state index contributed by atoms with van der Waals surface area (Å²) in [4.78, 5) is 0. The van der Waals surface area contributed by atoms with Gasteiger partial charge in [-0.05, 0) is 52.3 Å². The average Bonchev–Trinajstić information content (AvgIpc) is 2.27. The van der Waals surface area contributed by atoms with Crippen LogP contribution in [0.25, 0.3) is 0 Å². The van der Waals surface area contributed by atoms with E-state index < -0.39 is 11.1 Å². The van der Waals surface area contributed by atoms with Crippen molar-refractivity contribution in [2.24, 2.45) is 17.2 Å². The van der Waals surface area contributed by atoms with Gasteiger partial charge in [0.1, 0.15) is 5.75 Å². The van der Waals surface area contributed by atoms with Crippen LogP contribution in [0.15, 0.2) is 12.1 Å². The third kappa shape index (κ3) is 4.97. The molecule has 8 N–H and O–H groups in total. The molecule has 0 fully saturated rings. The molecule has 21 heavy (non-hydrogen) atoms. The first-order chi connectivity index (χ1) is 9.43. The highest BCUT2D eigenvalue weighted by Crippen LogP contribution is 2.34. The highest BCUT2D eigenvalue weighted by Gasteiger charge is 2.25. The first-order valence-corrected chi connectivity index (χ1v) is 7.34. The van der Waals surface area contributed by atoms with Gasteiger partial charge in [-0.2, -0.15) is 0 Å². The number of rotatable bonds is 6. The minimum atomic E-state index is -0.638. The molecule has 1 aromatic rings. The van der Waals surface area contributed by atoms with Crippen LogP contribution in [0.3, 0.4) is 0 Å². The number of aromatic hydroxyl groups is 1. The van der Waals surface area contributed by atoms with Crippen molar-refractivity contribution in [2.75, 3.05) is 6.54 Å². The molecule has 120 valence electrons.